The van der Waals surface area contributed by atoms with Gasteiger partial charge in [0.05, 0.1) is 12.3 Å². The Labute approximate surface area is 169 Å². The van der Waals surface area contributed by atoms with E-state index in [9.17, 15) is 9.90 Å². The molecule has 0 radical (unpaired) electrons. The van der Waals surface area contributed by atoms with E-state index in [2.05, 4.69) is 27.6 Å². The highest BCUT2D eigenvalue weighted by Gasteiger charge is 2.20. The number of aromatic nitrogens is 3. The number of hydrogen-bond acceptors (Lipinski definition) is 4. The van der Waals surface area contributed by atoms with Crippen LogP contribution in [0.25, 0.3) is 5.69 Å². The van der Waals surface area contributed by atoms with Crippen LogP contribution in [0.1, 0.15) is 41.5 Å². The van der Waals surface area contributed by atoms with Gasteiger partial charge >= 0.3 is 0 Å². The minimum Gasteiger partial charge on any atom is -0.390 e. The lowest BCUT2D eigenvalue weighted by atomic mass is 10.1. The molecule has 0 unspecified atom stereocenters. The van der Waals surface area contributed by atoms with Gasteiger partial charge in [-0.25, -0.2) is 0 Å². The number of carbonyl (C=O) groups is 1. The van der Waals surface area contributed by atoms with Crippen molar-refractivity contribution in [1.29, 1.82) is 0 Å². The predicted octanol–water partition coefficient (Wildman–Crippen LogP) is 3.55. The molecule has 1 atom stereocenters. The predicted molar refractivity (Wildman–Crippen MR) is 109 cm³/mol. The minimum absolute atomic E-state index is 0.0107. The van der Waals surface area contributed by atoms with E-state index in [0.717, 1.165) is 19.3 Å². The summed E-state index contributed by atoms with van der Waals surface area (Å²) >= 11 is 5.90. The molecule has 0 fully saturated rings. The van der Waals surface area contributed by atoms with Crippen molar-refractivity contribution in [3.63, 3.8) is 0 Å². The van der Waals surface area contributed by atoms with E-state index in [-0.39, 0.29) is 29.9 Å². The standard InChI is InChI=1S/C21H23ClN4O2/c1-15(6-5-9-16-7-3-2-4-8-16)23-21(28)20-19(14-27)24-26(25-20)18-12-10-17(22)11-13-18/h2-4,7-8,10-13,15,27H,5-6,9,14H2,1H3,(H,23,28)/t15-/m1/s1. The monoisotopic (exact) mass is 398 g/mol. The Morgan fingerprint density at radius 1 is 1.14 bits per heavy atom. The summed E-state index contributed by atoms with van der Waals surface area (Å²) in [5.74, 6) is -0.337. The molecule has 0 saturated carbocycles. The number of aliphatic hydroxyl groups excluding tert-OH is 1. The quantitative estimate of drug-likeness (QED) is 0.608. The van der Waals surface area contributed by atoms with Gasteiger partial charge in [-0.2, -0.15) is 4.80 Å². The van der Waals surface area contributed by atoms with Crippen LogP contribution in [-0.4, -0.2) is 32.0 Å². The molecule has 28 heavy (non-hydrogen) atoms. The molecule has 0 bridgehead atoms. The fourth-order valence-corrected chi connectivity index (χ4v) is 3.06. The van der Waals surface area contributed by atoms with Gasteiger partial charge in [0.1, 0.15) is 5.69 Å². The lowest BCUT2D eigenvalue weighted by molar-refractivity contribution is 0.0929. The fraction of sp³-hybridized carbons (Fsp3) is 0.286. The van der Waals surface area contributed by atoms with Crippen LogP contribution in [0.15, 0.2) is 54.6 Å². The van der Waals surface area contributed by atoms with Crippen molar-refractivity contribution in [2.45, 2.75) is 38.8 Å². The molecule has 0 saturated heterocycles. The SMILES string of the molecule is C[C@H](CCCc1ccccc1)NC(=O)c1nn(-c2ccc(Cl)cc2)nc1CO. The largest absolute Gasteiger partial charge is 0.390 e. The number of amides is 1. The molecule has 146 valence electrons. The van der Waals surface area contributed by atoms with Crippen LogP contribution in [0, 0.1) is 0 Å². The number of carbonyl (C=O) groups excluding carboxylic acids is 1. The van der Waals surface area contributed by atoms with Gasteiger partial charge in [-0.3, -0.25) is 4.79 Å². The molecular formula is C21H23ClN4O2. The van der Waals surface area contributed by atoms with Gasteiger partial charge in [0.15, 0.2) is 5.69 Å². The van der Waals surface area contributed by atoms with E-state index in [1.165, 1.54) is 10.4 Å². The maximum Gasteiger partial charge on any atom is 0.274 e. The van der Waals surface area contributed by atoms with Crippen LogP contribution < -0.4 is 5.32 Å². The van der Waals surface area contributed by atoms with E-state index < -0.39 is 0 Å². The number of benzene rings is 2. The smallest absolute Gasteiger partial charge is 0.274 e. The van der Waals surface area contributed by atoms with Crippen molar-refractivity contribution < 1.29 is 9.90 Å². The zero-order valence-electron chi connectivity index (χ0n) is 15.7. The Hall–Kier alpha value is -2.70. The number of aryl methyl sites for hydroxylation is 1. The van der Waals surface area contributed by atoms with Gasteiger partial charge in [-0.15, -0.1) is 10.2 Å². The Morgan fingerprint density at radius 2 is 1.86 bits per heavy atom. The summed E-state index contributed by atoms with van der Waals surface area (Å²) < 4.78 is 0. The van der Waals surface area contributed by atoms with E-state index in [4.69, 9.17) is 11.6 Å². The average Bonchev–Trinajstić information content (AvgIpc) is 3.14. The summed E-state index contributed by atoms with van der Waals surface area (Å²) in [5, 5.41) is 21.6. The Kier molecular flexibility index (Phi) is 6.79. The molecule has 1 aromatic heterocycles. The molecule has 0 aliphatic carbocycles. The molecule has 1 amide bonds. The second-order valence-electron chi connectivity index (χ2n) is 6.67. The van der Waals surface area contributed by atoms with Crippen LogP contribution in [0.3, 0.4) is 0 Å². The summed E-state index contributed by atoms with van der Waals surface area (Å²) in [6, 6.07) is 17.2. The summed E-state index contributed by atoms with van der Waals surface area (Å²) in [5.41, 5.74) is 2.32. The van der Waals surface area contributed by atoms with Crippen molar-refractivity contribution in [1.82, 2.24) is 20.3 Å². The number of nitrogens with zero attached hydrogens (tertiary/aromatic N) is 3. The summed E-state index contributed by atoms with van der Waals surface area (Å²) in [6.07, 6.45) is 2.78. The molecule has 2 N–H and O–H groups in total. The third kappa shape index (κ3) is 5.18. The van der Waals surface area contributed by atoms with Crippen molar-refractivity contribution in [2.24, 2.45) is 0 Å². The molecule has 0 aliphatic rings. The molecule has 1 heterocycles. The lowest BCUT2D eigenvalue weighted by Gasteiger charge is -2.13. The maximum atomic E-state index is 12.6. The second-order valence-corrected chi connectivity index (χ2v) is 7.11. The molecule has 0 aliphatic heterocycles. The van der Waals surface area contributed by atoms with Crippen molar-refractivity contribution in [3.05, 3.63) is 76.6 Å². The first-order valence-corrected chi connectivity index (χ1v) is 9.62. The summed E-state index contributed by atoms with van der Waals surface area (Å²) in [7, 11) is 0. The van der Waals surface area contributed by atoms with E-state index in [1.807, 2.05) is 25.1 Å². The highest BCUT2D eigenvalue weighted by Crippen LogP contribution is 2.14. The number of rotatable bonds is 8. The summed E-state index contributed by atoms with van der Waals surface area (Å²) in [4.78, 5) is 13.9. The van der Waals surface area contributed by atoms with E-state index in [1.54, 1.807) is 24.3 Å². The zero-order chi connectivity index (χ0) is 19.9. The summed E-state index contributed by atoms with van der Waals surface area (Å²) in [6.45, 7) is 1.60. The van der Waals surface area contributed by atoms with Gasteiger partial charge in [-0.05, 0) is 56.0 Å². The van der Waals surface area contributed by atoms with Gasteiger partial charge in [0.25, 0.3) is 5.91 Å². The molecular weight excluding hydrogens is 376 g/mol. The van der Waals surface area contributed by atoms with Crippen LogP contribution in [0.5, 0.6) is 0 Å². The highest BCUT2D eigenvalue weighted by atomic mass is 35.5. The third-order valence-corrected chi connectivity index (χ3v) is 4.68. The van der Waals surface area contributed by atoms with Crippen molar-refractivity contribution in [3.8, 4) is 5.69 Å². The molecule has 0 spiro atoms. The van der Waals surface area contributed by atoms with Crippen LogP contribution >= 0.6 is 11.6 Å². The third-order valence-electron chi connectivity index (χ3n) is 4.43. The first kappa shape index (κ1) is 20.0. The molecule has 7 heteroatoms. The first-order valence-electron chi connectivity index (χ1n) is 9.24. The second kappa shape index (κ2) is 9.48. The van der Waals surface area contributed by atoms with Crippen molar-refractivity contribution in [2.75, 3.05) is 0 Å². The van der Waals surface area contributed by atoms with E-state index in [0.29, 0.717) is 10.7 Å². The lowest BCUT2D eigenvalue weighted by Crippen LogP contribution is -2.33. The number of hydrogen-bond donors (Lipinski definition) is 2. The van der Waals surface area contributed by atoms with Gasteiger partial charge in [0, 0.05) is 11.1 Å². The Bertz CT molecular complexity index is 910. The molecule has 3 rings (SSSR count). The Morgan fingerprint density at radius 3 is 2.54 bits per heavy atom. The van der Waals surface area contributed by atoms with Gasteiger partial charge < -0.3 is 10.4 Å². The van der Waals surface area contributed by atoms with Crippen LogP contribution in [-0.2, 0) is 13.0 Å². The highest BCUT2D eigenvalue weighted by molar-refractivity contribution is 6.30. The zero-order valence-corrected chi connectivity index (χ0v) is 16.4. The maximum absolute atomic E-state index is 12.6. The van der Waals surface area contributed by atoms with Gasteiger partial charge in [-0.1, -0.05) is 41.9 Å². The first-order chi connectivity index (χ1) is 13.6. The Balaban J connectivity index is 1.60. The number of halogens is 1. The van der Waals surface area contributed by atoms with Crippen LogP contribution in [0.4, 0.5) is 0 Å². The number of nitrogens with one attached hydrogen (secondary N) is 1. The molecule has 3 aromatic rings. The van der Waals surface area contributed by atoms with Crippen LogP contribution in [0.2, 0.25) is 5.02 Å². The van der Waals surface area contributed by atoms with Gasteiger partial charge in [0.2, 0.25) is 0 Å². The average molecular weight is 399 g/mol. The fourth-order valence-electron chi connectivity index (χ4n) is 2.93. The number of aliphatic hydroxyl groups is 1. The van der Waals surface area contributed by atoms with Crippen molar-refractivity contribution >= 4 is 17.5 Å². The normalized spacial score (nSPS) is 12.0. The van der Waals surface area contributed by atoms with E-state index >= 15 is 0 Å². The molecule has 2 aromatic carbocycles. The minimum atomic E-state index is -0.362. The molecule has 6 nitrogen and oxygen atoms in total. The topological polar surface area (TPSA) is 80.0 Å².